The van der Waals surface area contributed by atoms with E-state index in [2.05, 4.69) is 11.4 Å². The van der Waals surface area contributed by atoms with Crippen molar-refractivity contribution in [2.45, 2.75) is 19.4 Å². The first kappa shape index (κ1) is 12.6. The molecular formula is C14H14N2OS. The topological polar surface area (TPSA) is 45.0 Å². The van der Waals surface area contributed by atoms with Gasteiger partial charge in [0.1, 0.15) is 16.3 Å². The quantitative estimate of drug-likeness (QED) is 0.787. The van der Waals surface area contributed by atoms with Crippen molar-refractivity contribution in [3.63, 3.8) is 0 Å². The number of hydrogen-bond acceptors (Lipinski definition) is 3. The van der Waals surface area contributed by atoms with Crippen LogP contribution in [0.2, 0.25) is 0 Å². The van der Waals surface area contributed by atoms with Crippen molar-refractivity contribution in [1.82, 2.24) is 5.32 Å². The number of benzene rings is 1. The highest BCUT2D eigenvalue weighted by atomic mass is 32.1. The Hall–Kier alpha value is -1.86. The van der Waals surface area contributed by atoms with Crippen molar-refractivity contribution in [2.24, 2.45) is 0 Å². The van der Waals surface area contributed by atoms with Crippen LogP contribution in [0.5, 0.6) is 5.75 Å². The molecule has 0 amide bonds. The van der Waals surface area contributed by atoms with Crippen LogP contribution in [0.25, 0.3) is 5.57 Å². The lowest BCUT2D eigenvalue weighted by Crippen LogP contribution is -2.32. The standard InChI is InChI=1S/C14H14N2OS/c1-14(2)7-11(13(18)16-3)10-6-9(8-15)4-5-12(10)17-14/h4-7H,1-3H3,(H,16,18). The molecule has 0 unspecified atom stereocenters. The van der Waals surface area contributed by atoms with Gasteiger partial charge in [-0.25, -0.2) is 0 Å². The van der Waals surface area contributed by atoms with Gasteiger partial charge in [-0.05, 0) is 38.1 Å². The molecule has 1 aliphatic rings. The summed E-state index contributed by atoms with van der Waals surface area (Å²) in [5.41, 5.74) is 1.97. The fraction of sp³-hybridized carbons (Fsp3) is 0.286. The zero-order chi connectivity index (χ0) is 13.3. The van der Waals surface area contributed by atoms with E-state index >= 15 is 0 Å². The fourth-order valence-electron chi connectivity index (χ4n) is 1.96. The number of rotatable bonds is 1. The molecule has 2 rings (SSSR count). The maximum Gasteiger partial charge on any atom is 0.128 e. The normalized spacial score (nSPS) is 15.8. The lowest BCUT2D eigenvalue weighted by Gasteiger charge is -2.31. The van der Waals surface area contributed by atoms with Gasteiger partial charge >= 0.3 is 0 Å². The Bertz CT molecular complexity index is 582. The second kappa shape index (κ2) is 4.43. The van der Waals surface area contributed by atoms with Crippen LogP contribution >= 0.6 is 12.2 Å². The summed E-state index contributed by atoms with van der Waals surface area (Å²) in [5.74, 6) is 0.758. The minimum absolute atomic E-state index is 0.405. The van der Waals surface area contributed by atoms with E-state index in [0.717, 1.165) is 16.9 Å². The van der Waals surface area contributed by atoms with E-state index in [0.29, 0.717) is 10.6 Å². The van der Waals surface area contributed by atoms with Gasteiger partial charge in [0.05, 0.1) is 11.6 Å². The molecule has 0 spiro atoms. The fourth-order valence-corrected chi connectivity index (χ4v) is 2.13. The van der Waals surface area contributed by atoms with Crippen LogP contribution in [0.1, 0.15) is 25.0 Å². The third-order valence-corrected chi connectivity index (χ3v) is 3.16. The van der Waals surface area contributed by atoms with Crippen molar-refractivity contribution in [2.75, 3.05) is 7.05 Å². The van der Waals surface area contributed by atoms with Crippen LogP contribution in [-0.4, -0.2) is 17.6 Å². The van der Waals surface area contributed by atoms with Gasteiger partial charge in [0.15, 0.2) is 0 Å². The van der Waals surface area contributed by atoms with Gasteiger partial charge in [-0.15, -0.1) is 0 Å². The molecule has 1 aromatic carbocycles. The van der Waals surface area contributed by atoms with Crippen molar-refractivity contribution in [3.8, 4) is 11.8 Å². The Balaban J connectivity index is 2.61. The molecule has 0 aromatic heterocycles. The van der Waals surface area contributed by atoms with Crippen LogP contribution < -0.4 is 10.1 Å². The maximum absolute atomic E-state index is 8.97. The van der Waals surface area contributed by atoms with Crippen LogP contribution in [0, 0.1) is 11.3 Å². The Morgan fingerprint density at radius 3 is 2.78 bits per heavy atom. The van der Waals surface area contributed by atoms with Gasteiger partial charge in [-0.2, -0.15) is 5.26 Å². The van der Waals surface area contributed by atoms with Gasteiger partial charge in [0.25, 0.3) is 0 Å². The summed E-state index contributed by atoms with van der Waals surface area (Å²) >= 11 is 5.32. The zero-order valence-electron chi connectivity index (χ0n) is 10.6. The average Bonchev–Trinajstić information content (AvgIpc) is 2.35. The number of nitrogens with zero attached hydrogens (tertiary/aromatic N) is 1. The van der Waals surface area contributed by atoms with Gasteiger partial charge in [0, 0.05) is 18.2 Å². The first-order valence-corrected chi connectivity index (χ1v) is 6.06. The summed E-state index contributed by atoms with van der Waals surface area (Å²) in [7, 11) is 1.79. The number of likely N-dealkylation sites (N-methyl/N-ethyl adjacent to an activating group) is 1. The Morgan fingerprint density at radius 1 is 1.44 bits per heavy atom. The Kier molecular flexibility index (Phi) is 3.10. The summed E-state index contributed by atoms with van der Waals surface area (Å²) in [6.07, 6.45) is 1.98. The first-order chi connectivity index (χ1) is 8.46. The van der Waals surface area contributed by atoms with E-state index in [9.17, 15) is 0 Å². The molecule has 0 saturated carbocycles. The Labute approximate surface area is 112 Å². The number of nitrogens with one attached hydrogen (secondary N) is 1. The zero-order valence-corrected chi connectivity index (χ0v) is 11.4. The third-order valence-electron chi connectivity index (χ3n) is 2.74. The van der Waals surface area contributed by atoms with E-state index in [1.165, 1.54) is 0 Å². The highest BCUT2D eigenvalue weighted by Crippen LogP contribution is 2.36. The third kappa shape index (κ3) is 2.22. The molecule has 0 aliphatic carbocycles. The largest absolute Gasteiger partial charge is 0.483 e. The van der Waals surface area contributed by atoms with Crippen molar-refractivity contribution >= 4 is 22.8 Å². The summed E-state index contributed by atoms with van der Waals surface area (Å²) in [6.45, 7) is 3.96. The molecule has 92 valence electrons. The smallest absolute Gasteiger partial charge is 0.128 e. The van der Waals surface area contributed by atoms with Crippen LogP contribution in [0.15, 0.2) is 24.3 Å². The number of hydrogen-bond donors (Lipinski definition) is 1. The molecule has 1 aliphatic heterocycles. The van der Waals surface area contributed by atoms with E-state index < -0.39 is 5.60 Å². The predicted molar refractivity (Wildman–Crippen MR) is 75.5 cm³/mol. The van der Waals surface area contributed by atoms with Crippen LogP contribution in [0.4, 0.5) is 0 Å². The van der Waals surface area contributed by atoms with Crippen molar-refractivity contribution in [3.05, 3.63) is 35.4 Å². The highest BCUT2D eigenvalue weighted by Gasteiger charge is 2.28. The minimum atomic E-state index is -0.405. The molecule has 1 heterocycles. The van der Waals surface area contributed by atoms with E-state index in [-0.39, 0.29) is 0 Å². The summed E-state index contributed by atoms with van der Waals surface area (Å²) in [4.78, 5) is 0.655. The van der Waals surface area contributed by atoms with Crippen LogP contribution in [-0.2, 0) is 0 Å². The lowest BCUT2D eigenvalue weighted by atomic mass is 9.93. The minimum Gasteiger partial charge on any atom is -0.483 e. The monoisotopic (exact) mass is 258 g/mol. The summed E-state index contributed by atoms with van der Waals surface area (Å²) < 4.78 is 5.87. The van der Waals surface area contributed by atoms with Gasteiger partial charge < -0.3 is 10.1 Å². The molecular weight excluding hydrogens is 244 g/mol. The summed E-state index contributed by atoms with van der Waals surface area (Å²) in [6, 6.07) is 7.51. The van der Waals surface area contributed by atoms with E-state index in [1.807, 2.05) is 26.0 Å². The van der Waals surface area contributed by atoms with Crippen molar-refractivity contribution < 1.29 is 4.74 Å². The highest BCUT2D eigenvalue weighted by molar-refractivity contribution is 7.81. The molecule has 0 atom stereocenters. The maximum atomic E-state index is 8.97. The number of ether oxygens (including phenoxy) is 1. The SMILES string of the molecule is CNC(=S)C1=CC(C)(C)Oc2ccc(C#N)cc21. The molecule has 1 N–H and O–H groups in total. The van der Waals surface area contributed by atoms with Crippen LogP contribution in [0.3, 0.4) is 0 Å². The number of nitriles is 1. The molecule has 0 saturated heterocycles. The second-order valence-corrected chi connectivity index (χ2v) is 5.07. The molecule has 1 aromatic rings. The van der Waals surface area contributed by atoms with Gasteiger partial charge in [-0.3, -0.25) is 0 Å². The molecule has 0 bridgehead atoms. The molecule has 18 heavy (non-hydrogen) atoms. The lowest BCUT2D eigenvalue weighted by molar-refractivity contribution is 0.158. The molecule has 3 nitrogen and oxygen atoms in total. The molecule has 0 fully saturated rings. The van der Waals surface area contributed by atoms with E-state index in [1.54, 1.807) is 19.2 Å². The van der Waals surface area contributed by atoms with E-state index in [4.69, 9.17) is 22.2 Å². The summed E-state index contributed by atoms with van der Waals surface area (Å²) in [5, 5.41) is 11.9. The number of thiocarbonyl (C=S) groups is 1. The first-order valence-electron chi connectivity index (χ1n) is 5.65. The van der Waals surface area contributed by atoms with Crippen molar-refractivity contribution in [1.29, 1.82) is 5.26 Å². The second-order valence-electron chi connectivity index (χ2n) is 4.67. The molecule has 4 heteroatoms. The number of fused-ring (bicyclic) bond motifs is 1. The molecule has 0 radical (unpaired) electrons. The predicted octanol–water partition coefficient (Wildman–Crippen LogP) is 2.66. The van der Waals surface area contributed by atoms with Gasteiger partial charge in [-0.1, -0.05) is 12.2 Å². The average molecular weight is 258 g/mol. The Morgan fingerprint density at radius 2 is 2.17 bits per heavy atom. The van der Waals surface area contributed by atoms with Gasteiger partial charge in [0.2, 0.25) is 0 Å².